The number of nitrogens with zero attached hydrogens (tertiary/aromatic N) is 1. The van der Waals surface area contributed by atoms with Crippen LogP contribution in [0, 0.1) is 5.92 Å². The normalized spacial score (nSPS) is 16.4. The average molecular weight is 401 g/mol. The lowest BCUT2D eigenvalue weighted by atomic mass is 10.1. The third-order valence-corrected chi connectivity index (χ3v) is 4.69. The van der Waals surface area contributed by atoms with Gasteiger partial charge in [-0.15, -0.1) is 0 Å². The van der Waals surface area contributed by atoms with Gasteiger partial charge < -0.3 is 15.0 Å². The lowest BCUT2D eigenvalue weighted by Crippen LogP contribution is -2.28. The molecule has 1 N–H and O–H groups in total. The third kappa shape index (κ3) is 4.51. The number of anilines is 2. The van der Waals surface area contributed by atoms with Crippen LogP contribution < -0.4 is 10.2 Å². The quantitative estimate of drug-likeness (QED) is 0.772. The lowest BCUT2D eigenvalue weighted by Gasteiger charge is -2.18. The van der Waals surface area contributed by atoms with E-state index in [-0.39, 0.29) is 30.9 Å². The highest BCUT2D eigenvalue weighted by molar-refractivity contribution is 6.33. The molecule has 0 aliphatic carbocycles. The van der Waals surface area contributed by atoms with Crippen LogP contribution in [0.3, 0.4) is 0 Å². The summed E-state index contributed by atoms with van der Waals surface area (Å²) in [5.74, 6) is -1.28. The van der Waals surface area contributed by atoms with Crippen LogP contribution in [0.4, 0.5) is 11.4 Å². The molecule has 146 valence electrons. The number of carbonyl (C=O) groups excluding carboxylic acids is 3. The number of benzene rings is 2. The zero-order valence-corrected chi connectivity index (χ0v) is 16.4. The number of ether oxygens (including phenoxy) is 1. The summed E-state index contributed by atoms with van der Waals surface area (Å²) in [7, 11) is 0. The lowest BCUT2D eigenvalue weighted by molar-refractivity contribution is -0.122. The maximum absolute atomic E-state index is 12.6. The Morgan fingerprint density at radius 1 is 1.14 bits per heavy atom. The molecular formula is C21H21ClN2O4. The number of nitrogens with one attached hydrogen (secondary N) is 1. The summed E-state index contributed by atoms with van der Waals surface area (Å²) in [5, 5.41) is 3.27. The highest BCUT2D eigenvalue weighted by atomic mass is 35.5. The fraction of sp³-hybridized carbons (Fsp3) is 0.286. The molecule has 2 amide bonds. The van der Waals surface area contributed by atoms with Crippen LogP contribution in [-0.4, -0.2) is 30.4 Å². The van der Waals surface area contributed by atoms with Gasteiger partial charge in [-0.1, -0.05) is 23.7 Å². The summed E-state index contributed by atoms with van der Waals surface area (Å²) < 4.78 is 5.13. The molecule has 0 unspecified atom stereocenters. The van der Waals surface area contributed by atoms with E-state index in [0.29, 0.717) is 22.0 Å². The fourth-order valence-corrected chi connectivity index (χ4v) is 3.24. The van der Waals surface area contributed by atoms with Crippen LogP contribution in [0.5, 0.6) is 0 Å². The van der Waals surface area contributed by atoms with Crippen molar-refractivity contribution in [1.29, 1.82) is 0 Å². The largest absolute Gasteiger partial charge is 0.459 e. The van der Waals surface area contributed by atoms with Gasteiger partial charge in [0, 0.05) is 18.7 Å². The monoisotopic (exact) mass is 400 g/mol. The molecular weight excluding hydrogens is 380 g/mol. The summed E-state index contributed by atoms with van der Waals surface area (Å²) in [5.41, 5.74) is 1.57. The SMILES string of the molecule is CC(C)OC(=O)c1ccc(NC(=O)[C@H]2CC(=O)N(c3ccccc3Cl)C2)cc1. The molecule has 1 heterocycles. The van der Waals surface area contributed by atoms with E-state index >= 15 is 0 Å². The Hall–Kier alpha value is -2.86. The summed E-state index contributed by atoms with van der Waals surface area (Å²) in [6, 6.07) is 13.5. The molecule has 2 aromatic rings. The van der Waals surface area contributed by atoms with Crippen LogP contribution in [-0.2, 0) is 14.3 Å². The van der Waals surface area contributed by atoms with Gasteiger partial charge in [-0.2, -0.15) is 0 Å². The molecule has 1 fully saturated rings. The average Bonchev–Trinajstić information content (AvgIpc) is 3.04. The molecule has 7 heteroatoms. The fourth-order valence-electron chi connectivity index (χ4n) is 3.00. The molecule has 0 spiro atoms. The Morgan fingerprint density at radius 2 is 1.82 bits per heavy atom. The van der Waals surface area contributed by atoms with Gasteiger partial charge in [0.1, 0.15) is 0 Å². The van der Waals surface area contributed by atoms with E-state index in [1.54, 1.807) is 62.4 Å². The Kier molecular flexibility index (Phi) is 5.99. The van der Waals surface area contributed by atoms with Crippen molar-refractivity contribution in [1.82, 2.24) is 0 Å². The van der Waals surface area contributed by atoms with Gasteiger partial charge >= 0.3 is 5.97 Å². The minimum absolute atomic E-state index is 0.121. The molecule has 0 saturated carbocycles. The minimum atomic E-state index is -0.477. The van der Waals surface area contributed by atoms with Crippen molar-refractivity contribution in [3.8, 4) is 0 Å². The second-order valence-electron chi connectivity index (χ2n) is 6.88. The van der Waals surface area contributed by atoms with E-state index in [0.717, 1.165) is 0 Å². The summed E-state index contributed by atoms with van der Waals surface area (Å²) in [4.78, 5) is 38.3. The molecule has 1 aliphatic heterocycles. The van der Waals surface area contributed by atoms with Crippen molar-refractivity contribution in [3.05, 3.63) is 59.1 Å². The van der Waals surface area contributed by atoms with Gasteiger partial charge in [0.25, 0.3) is 0 Å². The molecule has 1 saturated heterocycles. The first-order valence-electron chi connectivity index (χ1n) is 9.02. The number of rotatable bonds is 5. The van der Waals surface area contributed by atoms with Crippen molar-refractivity contribution in [2.45, 2.75) is 26.4 Å². The third-order valence-electron chi connectivity index (χ3n) is 4.37. The second-order valence-corrected chi connectivity index (χ2v) is 7.28. The standard InChI is InChI=1S/C21H21ClN2O4/c1-13(2)28-21(27)14-7-9-16(10-8-14)23-20(26)15-11-19(25)24(12-15)18-6-4-3-5-17(18)22/h3-10,13,15H,11-12H2,1-2H3,(H,23,26)/t15-/m0/s1. The number of para-hydroxylation sites is 1. The van der Waals surface area contributed by atoms with Gasteiger partial charge in [0.05, 0.1) is 28.3 Å². The van der Waals surface area contributed by atoms with Crippen LogP contribution >= 0.6 is 11.6 Å². The highest BCUT2D eigenvalue weighted by Crippen LogP contribution is 2.31. The first kappa shape index (κ1) is 19.9. The Morgan fingerprint density at radius 3 is 2.46 bits per heavy atom. The molecule has 1 aliphatic rings. The smallest absolute Gasteiger partial charge is 0.338 e. The number of carbonyl (C=O) groups is 3. The minimum Gasteiger partial charge on any atom is -0.459 e. The van der Waals surface area contributed by atoms with Crippen LogP contribution in [0.2, 0.25) is 5.02 Å². The molecule has 6 nitrogen and oxygen atoms in total. The van der Waals surface area contributed by atoms with E-state index in [9.17, 15) is 14.4 Å². The molecule has 3 rings (SSSR count). The van der Waals surface area contributed by atoms with E-state index in [1.165, 1.54) is 4.90 Å². The van der Waals surface area contributed by atoms with E-state index in [2.05, 4.69) is 5.32 Å². The molecule has 2 aromatic carbocycles. The zero-order valence-electron chi connectivity index (χ0n) is 15.6. The van der Waals surface area contributed by atoms with Crippen molar-refractivity contribution >= 4 is 40.8 Å². The zero-order chi connectivity index (χ0) is 20.3. The van der Waals surface area contributed by atoms with Crippen molar-refractivity contribution in [2.75, 3.05) is 16.8 Å². The molecule has 0 radical (unpaired) electrons. The number of halogens is 1. The maximum atomic E-state index is 12.6. The predicted octanol–water partition coefficient (Wildman–Crippen LogP) is 3.90. The Labute approximate surface area is 168 Å². The number of esters is 1. The van der Waals surface area contributed by atoms with Gasteiger partial charge in [-0.25, -0.2) is 4.79 Å². The van der Waals surface area contributed by atoms with E-state index in [1.807, 2.05) is 0 Å². The van der Waals surface area contributed by atoms with Crippen LogP contribution in [0.25, 0.3) is 0 Å². The highest BCUT2D eigenvalue weighted by Gasteiger charge is 2.35. The molecule has 0 aromatic heterocycles. The molecule has 28 heavy (non-hydrogen) atoms. The summed E-state index contributed by atoms with van der Waals surface area (Å²) in [6.07, 6.45) is -0.0802. The van der Waals surface area contributed by atoms with Gasteiger partial charge in [-0.05, 0) is 50.2 Å². The van der Waals surface area contributed by atoms with Gasteiger partial charge in [0.15, 0.2) is 0 Å². The van der Waals surface area contributed by atoms with E-state index < -0.39 is 11.9 Å². The van der Waals surface area contributed by atoms with E-state index in [4.69, 9.17) is 16.3 Å². The van der Waals surface area contributed by atoms with Gasteiger partial charge in [0.2, 0.25) is 11.8 Å². The summed E-state index contributed by atoms with van der Waals surface area (Å²) >= 11 is 6.17. The van der Waals surface area contributed by atoms with Crippen LogP contribution in [0.1, 0.15) is 30.6 Å². The van der Waals surface area contributed by atoms with Crippen molar-refractivity contribution in [2.24, 2.45) is 5.92 Å². The Balaban J connectivity index is 1.63. The molecule has 0 bridgehead atoms. The molecule has 1 atom stereocenters. The summed E-state index contributed by atoms with van der Waals surface area (Å²) in [6.45, 7) is 3.83. The maximum Gasteiger partial charge on any atom is 0.338 e. The number of hydrogen-bond donors (Lipinski definition) is 1. The Bertz CT molecular complexity index is 896. The van der Waals surface area contributed by atoms with Crippen molar-refractivity contribution < 1.29 is 19.1 Å². The van der Waals surface area contributed by atoms with Crippen LogP contribution in [0.15, 0.2) is 48.5 Å². The first-order chi connectivity index (χ1) is 13.3. The van der Waals surface area contributed by atoms with Crippen molar-refractivity contribution in [3.63, 3.8) is 0 Å². The first-order valence-corrected chi connectivity index (χ1v) is 9.39. The topological polar surface area (TPSA) is 75.7 Å². The van der Waals surface area contributed by atoms with Gasteiger partial charge in [-0.3, -0.25) is 9.59 Å². The number of amides is 2. The predicted molar refractivity (Wildman–Crippen MR) is 108 cm³/mol. The number of hydrogen-bond acceptors (Lipinski definition) is 4. The second kappa shape index (κ2) is 8.44.